The van der Waals surface area contributed by atoms with Crippen molar-refractivity contribution >= 4 is 5.97 Å². The van der Waals surface area contributed by atoms with E-state index < -0.39 is 5.97 Å². The second-order valence-corrected chi connectivity index (χ2v) is 5.44. The number of hydrogen-bond donors (Lipinski definition) is 1. The van der Waals surface area contributed by atoms with Gasteiger partial charge in [0.25, 0.3) is 0 Å². The van der Waals surface area contributed by atoms with Gasteiger partial charge < -0.3 is 5.11 Å². The fourth-order valence-electron chi connectivity index (χ4n) is 2.57. The lowest BCUT2D eigenvalue weighted by molar-refractivity contribution is -0.142. The molecular formula is C19H22O2. The number of rotatable bonds is 8. The van der Waals surface area contributed by atoms with Crippen LogP contribution in [-0.4, -0.2) is 11.1 Å². The molecule has 0 aliphatic heterocycles. The predicted molar refractivity (Wildman–Crippen MR) is 85.3 cm³/mol. The van der Waals surface area contributed by atoms with Crippen molar-refractivity contribution in [3.63, 3.8) is 0 Å². The van der Waals surface area contributed by atoms with Gasteiger partial charge in [0, 0.05) is 0 Å². The largest absolute Gasteiger partial charge is 0.481 e. The third kappa shape index (κ3) is 5.42. The van der Waals surface area contributed by atoms with Crippen LogP contribution in [0, 0.1) is 5.92 Å². The Morgan fingerprint density at radius 3 is 1.86 bits per heavy atom. The van der Waals surface area contributed by atoms with E-state index in [2.05, 4.69) is 24.3 Å². The fourth-order valence-corrected chi connectivity index (χ4v) is 2.57. The SMILES string of the molecule is O=C(O)C(CCCc1ccccc1)CCc1ccccc1. The van der Waals surface area contributed by atoms with Crippen LogP contribution in [-0.2, 0) is 17.6 Å². The minimum absolute atomic E-state index is 0.242. The van der Waals surface area contributed by atoms with Crippen molar-refractivity contribution in [3.05, 3.63) is 71.8 Å². The van der Waals surface area contributed by atoms with Gasteiger partial charge in [-0.05, 0) is 43.2 Å². The number of aliphatic carboxylic acids is 1. The first-order valence-corrected chi connectivity index (χ1v) is 7.56. The zero-order valence-electron chi connectivity index (χ0n) is 12.2. The maximum atomic E-state index is 11.4. The first-order chi connectivity index (χ1) is 10.3. The molecule has 0 saturated carbocycles. The summed E-state index contributed by atoms with van der Waals surface area (Å²) >= 11 is 0. The van der Waals surface area contributed by atoms with Gasteiger partial charge in [0.2, 0.25) is 0 Å². The quantitative estimate of drug-likeness (QED) is 0.782. The number of carboxylic acid groups (broad SMARTS) is 1. The second-order valence-electron chi connectivity index (χ2n) is 5.44. The summed E-state index contributed by atoms with van der Waals surface area (Å²) in [5.41, 5.74) is 2.50. The summed E-state index contributed by atoms with van der Waals surface area (Å²) in [6.07, 6.45) is 4.18. The normalized spacial score (nSPS) is 12.0. The molecule has 0 heterocycles. The molecule has 0 amide bonds. The van der Waals surface area contributed by atoms with E-state index in [9.17, 15) is 9.90 Å². The van der Waals surface area contributed by atoms with Gasteiger partial charge >= 0.3 is 5.97 Å². The Morgan fingerprint density at radius 1 is 0.810 bits per heavy atom. The van der Waals surface area contributed by atoms with Crippen molar-refractivity contribution in [1.82, 2.24) is 0 Å². The van der Waals surface area contributed by atoms with Gasteiger partial charge in [0.1, 0.15) is 0 Å². The summed E-state index contributed by atoms with van der Waals surface area (Å²) in [5, 5.41) is 9.35. The number of hydrogen-bond acceptors (Lipinski definition) is 1. The van der Waals surface area contributed by atoms with Crippen LogP contribution in [0.15, 0.2) is 60.7 Å². The van der Waals surface area contributed by atoms with Crippen molar-refractivity contribution in [2.75, 3.05) is 0 Å². The summed E-state index contributed by atoms with van der Waals surface area (Å²) in [6.45, 7) is 0. The lowest BCUT2D eigenvalue weighted by Crippen LogP contribution is -2.15. The molecule has 0 aromatic heterocycles. The molecule has 1 N–H and O–H groups in total. The molecule has 0 bridgehead atoms. The second kappa shape index (κ2) is 8.25. The lowest BCUT2D eigenvalue weighted by Gasteiger charge is -2.12. The first-order valence-electron chi connectivity index (χ1n) is 7.56. The molecule has 0 aliphatic carbocycles. The Hall–Kier alpha value is -2.09. The Labute approximate surface area is 126 Å². The van der Waals surface area contributed by atoms with Gasteiger partial charge in [0.05, 0.1) is 5.92 Å². The van der Waals surface area contributed by atoms with Crippen LogP contribution < -0.4 is 0 Å². The Morgan fingerprint density at radius 2 is 1.33 bits per heavy atom. The van der Waals surface area contributed by atoms with Crippen molar-refractivity contribution in [3.8, 4) is 0 Å². The van der Waals surface area contributed by atoms with Crippen molar-refractivity contribution < 1.29 is 9.90 Å². The lowest BCUT2D eigenvalue weighted by atomic mass is 9.93. The molecule has 0 spiro atoms. The van der Waals surface area contributed by atoms with Crippen molar-refractivity contribution in [2.24, 2.45) is 5.92 Å². The van der Waals surface area contributed by atoms with E-state index in [1.165, 1.54) is 11.1 Å². The molecular weight excluding hydrogens is 260 g/mol. The molecule has 0 aliphatic rings. The fraction of sp³-hybridized carbons (Fsp3) is 0.316. The third-order valence-electron chi connectivity index (χ3n) is 3.83. The highest BCUT2D eigenvalue weighted by Crippen LogP contribution is 2.17. The number of carboxylic acids is 1. The van der Waals surface area contributed by atoms with Gasteiger partial charge in [-0.3, -0.25) is 4.79 Å². The van der Waals surface area contributed by atoms with E-state index in [0.29, 0.717) is 6.42 Å². The van der Waals surface area contributed by atoms with Crippen LogP contribution in [0.2, 0.25) is 0 Å². The van der Waals surface area contributed by atoms with Gasteiger partial charge in [-0.1, -0.05) is 60.7 Å². The molecule has 110 valence electrons. The van der Waals surface area contributed by atoms with Crippen LogP contribution >= 0.6 is 0 Å². The first kappa shape index (κ1) is 15.3. The zero-order chi connectivity index (χ0) is 14.9. The van der Waals surface area contributed by atoms with Crippen LogP contribution in [0.5, 0.6) is 0 Å². The van der Waals surface area contributed by atoms with Crippen LogP contribution in [0.25, 0.3) is 0 Å². The number of benzene rings is 2. The van der Waals surface area contributed by atoms with E-state index in [1.54, 1.807) is 0 Å². The van der Waals surface area contributed by atoms with Gasteiger partial charge in [-0.15, -0.1) is 0 Å². The summed E-state index contributed by atoms with van der Waals surface area (Å²) in [4.78, 5) is 11.4. The van der Waals surface area contributed by atoms with E-state index in [-0.39, 0.29) is 5.92 Å². The number of aryl methyl sites for hydroxylation is 2. The predicted octanol–water partition coefficient (Wildman–Crippen LogP) is 4.34. The number of carbonyl (C=O) groups is 1. The van der Waals surface area contributed by atoms with Gasteiger partial charge in [-0.25, -0.2) is 0 Å². The molecule has 2 nitrogen and oxygen atoms in total. The molecule has 0 fully saturated rings. The molecule has 2 rings (SSSR count). The third-order valence-corrected chi connectivity index (χ3v) is 3.83. The van der Waals surface area contributed by atoms with E-state index >= 15 is 0 Å². The molecule has 2 heteroatoms. The maximum Gasteiger partial charge on any atom is 0.306 e. The highest BCUT2D eigenvalue weighted by molar-refractivity contribution is 5.69. The molecule has 1 atom stereocenters. The molecule has 0 saturated heterocycles. The van der Waals surface area contributed by atoms with Crippen LogP contribution in [0.3, 0.4) is 0 Å². The Kier molecular flexibility index (Phi) is 6.01. The topological polar surface area (TPSA) is 37.3 Å². The summed E-state index contributed by atoms with van der Waals surface area (Å²) in [6, 6.07) is 20.4. The summed E-state index contributed by atoms with van der Waals surface area (Å²) in [5.74, 6) is -0.909. The van der Waals surface area contributed by atoms with Crippen LogP contribution in [0.4, 0.5) is 0 Å². The summed E-state index contributed by atoms with van der Waals surface area (Å²) in [7, 11) is 0. The average Bonchev–Trinajstić information content (AvgIpc) is 2.52. The van der Waals surface area contributed by atoms with Gasteiger partial charge in [0.15, 0.2) is 0 Å². The smallest absolute Gasteiger partial charge is 0.306 e. The maximum absolute atomic E-state index is 11.4. The van der Waals surface area contributed by atoms with Crippen molar-refractivity contribution in [1.29, 1.82) is 0 Å². The molecule has 1 unspecified atom stereocenters. The molecule has 2 aromatic rings. The monoisotopic (exact) mass is 282 g/mol. The molecule has 0 radical (unpaired) electrons. The Bertz CT molecular complexity index is 534. The van der Waals surface area contributed by atoms with Gasteiger partial charge in [-0.2, -0.15) is 0 Å². The van der Waals surface area contributed by atoms with E-state index in [0.717, 1.165) is 25.7 Å². The van der Waals surface area contributed by atoms with E-state index in [1.807, 2.05) is 36.4 Å². The highest BCUT2D eigenvalue weighted by atomic mass is 16.4. The van der Waals surface area contributed by atoms with Crippen molar-refractivity contribution in [2.45, 2.75) is 32.1 Å². The zero-order valence-corrected chi connectivity index (χ0v) is 12.2. The minimum atomic E-state index is -0.668. The standard InChI is InChI=1S/C19H22O2/c20-19(21)18(15-14-17-10-5-2-6-11-17)13-7-12-16-8-3-1-4-9-16/h1-6,8-11,18H,7,12-15H2,(H,20,21). The molecule has 2 aromatic carbocycles. The van der Waals surface area contributed by atoms with Crippen LogP contribution in [0.1, 0.15) is 30.4 Å². The highest BCUT2D eigenvalue weighted by Gasteiger charge is 2.16. The van der Waals surface area contributed by atoms with E-state index in [4.69, 9.17) is 0 Å². The minimum Gasteiger partial charge on any atom is -0.481 e. The average molecular weight is 282 g/mol. The Balaban J connectivity index is 1.78. The molecule has 21 heavy (non-hydrogen) atoms. The summed E-state index contributed by atoms with van der Waals surface area (Å²) < 4.78 is 0.